The monoisotopic (exact) mass is 265 g/mol. The minimum atomic E-state index is 0.147. The summed E-state index contributed by atoms with van der Waals surface area (Å²) < 4.78 is 11.1. The van der Waals surface area contributed by atoms with E-state index in [0.29, 0.717) is 0 Å². The Morgan fingerprint density at radius 1 is 1.11 bits per heavy atom. The molecule has 2 unspecified atom stereocenters. The van der Waals surface area contributed by atoms with Gasteiger partial charge in [0, 0.05) is 7.11 Å². The molecule has 19 heavy (non-hydrogen) atoms. The van der Waals surface area contributed by atoms with Gasteiger partial charge in [-0.15, -0.1) is 0 Å². The van der Waals surface area contributed by atoms with Crippen LogP contribution >= 0.6 is 0 Å². The van der Waals surface area contributed by atoms with Gasteiger partial charge in [0.15, 0.2) is 0 Å². The Bertz CT molecular complexity index is 337. The third kappa shape index (κ3) is 5.21. The Morgan fingerprint density at radius 3 is 2.32 bits per heavy atom. The summed E-state index contributed by atoms with van der Waals surface area (Å²) in [5.74, 6) is 0.935. The predicted molar refractivity (Wildman–Crippen MR) is 79.7 cm³/mol. The van der Waals surface area contributed by atoms with E-state index in [1.54, 1.807) is 7.11 Å². The van der Waals surface area contributed by atoms with Crippen LogP contribution in [0.3, 0.4) is 0 Å². The lowest BCUT2D eigenvalue weighted by atomic mass is 10.0. The Morgan fingerprint density at radius 2 is 1.79 bits per heavy atom. The van der Waals surface area contributed by atoms with Crippen molar-refractivity contribution in [2.45, 2.75) is 45.8 Å². The van der Waals surface area contributed by atoms with Crippen LogP contribution in [0, 0.1) is 0 Å². The molecule has 3 nitrogen and oxygen atoms in total. The summed E-state index contributed by atoms with van der Waals surface area (Å²) in [6.45, 7) is 8.13. The summed E-state index contributed by atoms with van der Waals surface area (Å²) in [5, 5.41) is 3.53. The molecule has 1 aromatic carbocycles. The first kappa shape index (κ1) is 16.0. The molecule has 0 aliphatic rings. The summed E-state index contributed by atoms with van der Waals surface area (Å²) >= 11 is 0. The van der Waals surface area contributed by atoms with E-state index in [9.17, 15) is 0 Å². The zero-order valence-corrected chi connectivity index (χ0v) is 12.6. The van der Waals surface area contributed by atoms with Crippen molar-refractivity contribution < 1.29 is 9.47 Å². The molecule has 0 bridgehead atoms. The van der Waals surface area contributed by atoms with Crippen molar-refractivity contribution in [3.8, 4) is 5.75 Å². The van der Waals surface area contributed by atoms with Crippen molar-refractivity contribution in [2.75, 3.05) is 20.3 Å². The highest BCUT2D eigenvalue weighted by Gasteiger charge is 2.18. The molecule has 0 heterocycles. The van der Waals surface area contributed by atoms with Crippen molar-refractivity contribution in [3.05, 3.63) is 29.8 Å². The maximum absolute atomic E-state index is 5.61. The minimum absolute atomic E-state index is 0.147. The van der Waals surface area contributed by atoms with Gasteiger partial charge in [-0.3, -0.25) is 0 Å². The normalized spacial score (nSPS) is 14.1. The van der Waals surface area contributed by atoms with E-state index in [1.807, 2.05) is 12.1 Å². The zero-order valence-electron chi connectivity index (χ0n) is 12.6. The highest BCUT2D eigenvalue weighted by atomic mass is 16.5. The second-order valence-corrected chi connectivity index (χ2v) is 4.79. The smallest absolute Gasteiger partial charge is 0.119 e. The van der Waals surface area contributed by atoms with Crippen LogP contribution in [0.4, 0.5) is 0 Å². The fourth-order valence-corrected chi connectivity index (χ4v) is 1.98. The van der Waals surface area contributed by atoms with Crippen molar-refractivity contribution in [1.82, 2.24) is 5.32 Å². The van der Waals surface area contributed by atoms with Crippen LogP contribution in [0.25, 0.3) is 0 Å². The molecule has 0 saturated heterocycles. The molecule has 108 valence electrons. The Balaban J connectivity index is 2.72. The van der Waals surface area contributed by atoms with Crippen LogP contribution in [0.5, 0.6) is 5.75 Å². The van der Waals surface area contributed by atoms with Crippen molar-refractivity contribution in [1.29, 1.82) is 0 Å². The fourth-order valence-electron chi connectivity index (χ4n) is 1.98. The molecule has 0 spiro atoms. The highest BCUT2D eigenvalue weighted by Crippen LogP contribution is 2.22. The average molecular weight is 265 g/mol. The van der Waals surface area contributed by atoms with Crippen molar-refractivity contribution in [2.24, 2.45) is 0 Å². The maximum Gasteiger partial charge on any atom is 0.119 e. The van der Waals surface area contributed by atoms with E-state index in [1.165, 1.54) is 5.56 Å². The van der Waals surface area contributed by atoms with Gasteiger partial charge in [-0.25, -0.2) is 0 Å². The standard InChI is InChI=1S/C16H27NO2/c1-5-11-17-16(13(3)18-4)14-7-9-15(10-8-14)19-12-6-2/h7-10,13,16-17H,5-6,11-12H2,1-4H3. The van der Waals surface area contributed by atoms with Crippen LogP contribution in [0.2, 0.25) is 0 Å². The average Bonchev–Trinajstić information content (AvgIpc) is 2.46. The van der Waals surface area contributed by atoms with Crippen LogP contribution in [-0.2, 0) is 4.74 Å². The van der Waals surface area contributed by atoms with Gasteiger partial charge >= 0.3 is 0 Å². The molecular weight excluding hydrogens is 238 g/mol. The zero-order chi connectivity index (χ0) is 14.1. The first-order valence-corrected chi connectivity index (χ1v) is 7.21. The van der Waals surface area contributed by atoms with Crippen molar-refractivity contribution >= 4 is 0 Å². The fraction of sp³-hybridized carbons (Fsp3) is 0.625. The van der Waals surface area contributed by atoms with Crippen LogP contribution in [-0.4, -0.2) is 26.4 Å². The van der Waals surface area contributed by atoms with Crippen LogP contribution in [0.1, 0.15) is 45.2 Å². The number of rotatable bonds is 9. The lowest BCUT2D eigenvalue weighted by Crippen LogP contribution is -2.31. The summed E-state index contributed by atoms with van der Waals surface area (Å²) in [5.41, 5.74) is 1.24. The third-order valence-electron chi connectivity index (χ3n) is 3.17. The molecular formula is C16H27NO2. The Hall–Kier alpha value is -1.06. The second kappa shape index (κ2) is 8.94. The molecule has 0 radical (unpaired) electrons. The van der Waals surface area contributed by atoms with Gasteiger partial charge in [-0.2, -0.15) is 0 Å². The number of hydrogen-bond acceptors (Lipinski definition) is 3. The Labute approximate surface area is 117 Å². The lowest BCUT2D eigenvalue weighted by Gasteiger charge is -2.24. The van der Waals surface area contributed by atoms with Crippen LogP contribution < -0.4 is 10.1 Å². The number of methoxy groups -OCH3 is 1. The van der Waals surface area contributed by atoms with Gasteiger partial charge in [-0.05, 0) is 44.0 Å². The SMILES string of the molecule is CCCNC(c1ccc(OCCC)cc1)C(C)OC. The number of hydrogen-bond donors (Lipinski definition) is 1. The molecule has 1 N–H and O–H groups in total. The topological polar surface area (TPSA) is 30.5 Å². The van der Waals surface area contributed by atoms with Gasteiger partial charge in [0.25, 0.3) is 0 Å². The molecule has 2 atom stereocenters. The minimum Gasteiger partial charge on any atom is -0.494 e. The summed E-state index contributed by atoms with van der Waals surface area (Å²) in [4.78, 5) is 0. The van der Waals surface area contributed by atoms with E-state index >= 15 is 0 Å². The first-order chi connectivity index (χ1) is 9.22. The van der Waals surface area contributed by atoms with Gasteiger partial charge < -0.3 is 14.8 Å². The van der Waals surface area contributed by atoms with Gasteiger partial charge in [-0.1, -0.05) is 26.0 Å². The molecule has 0 saturated carbocycles. The number of benzene rings is 1. The van der Waals surface area contributed by atoms with Crippen molar-refractivity contribution in [3.63, 3.8) is 0 Å². The van der Waals surface area contributed by atoms with Gasteiger partial charge in [0.1, 0.15) is 5.75 Å². The highest BCUT2D eigenvalue weighted by molar-refractivity contribution is 5.29. The van der Waals surface area contributed by atoms with Gasteiger partial charge in [0.2, 0.25) is 0 Å². The maximum atomic E-state index is 5.61. The number of ether oxygens (including phenoxy) is 2. The Kier molecular flexibility index (Phi) is 7.53. The second-order valence-electron chi connectivity index (χ2n) is 4.79. The molecule has 1 aromatic rings. The molecule has 0 fully saturated rings. The summed E-state index contributed by atoms with van der Waals surface area (Å²) in [7, 11) is 1.75. The van der Waals surface area contributed by atoms with Crippen LogP contribution in [0.15, 0.2) is 24.3 Å². The van der Waals surface area contributed by atoms with E-state index in [-0.39, 0.29) is 12.1 Å². The quantitative estimate of drug-likeness (QED) is 0.740. The molecule has 0 amide bonds. The third-order valence-corrected chi connectivity index (χ3v) is 3.17. The summed E-state index contributed by atoms with van der Waals surface area (Å²) in [6, 6.07) is 8.54. The lowest BCUT2D eigenvalue weighted by molar-refractivity contribution is 0.0830. The largest absolute Gasteiger partial charge is 0.494 e. The molecule has 0 aliphatic carbocycles. The van der Waals surface area contributed by atoms with E-state index in [2.05, 4.69) is 38.2 Å². The van der Waals surface area contributed by atoms with E-state index in [4.69, 9.17) is 9.47 Å². The molecule has 1 rings (SSSR count). The van der Waals surface area contributed by atoms with Gasteiger partial charge in [0.05, 0.1) is 18.8 Å². The first-order valence-electron chi connectivity index (χ1n) is 7.21. The van der Waals surface area contributed by atoms with E-state index in [0.717, 1.165) is 31.7 Å². The number of nitrogens with one attached hydrogen (secondary N) is 1. The predicted octanol–water partition coefficient (Wildman–Crippen LogP) is 3.55. The molecule has 0 aliphatic heterocycles. The molecule has 3 heteroatoms. The summed E-state index contributed by atoms with van der Waals surface area (Å²) in [6.07, 6.45) is 2.29. The molecule has 0 aromatic heterocycles. The van der Waals surface area contributed by atoms with E-state index < -0.39 is 0 Å².